The molecule has 16 heavy (non-hydrogen) atoms. The minimum absolute atomic E-state index is 0.0293. The number of aliphatic carboxylic acids is 1. The zero-order valence-corrected chi connectivity index (χ0v) is 8.43. The van der Waals surface area contributed by atoms with Crippen LogP contribution in [0.5, 0.6) is 5.75 Å². The van der Waals surface area contributed by atoms with E-state index in [4.69, 9.17) is 10.5 Å². The minimum Gasteiger partial charge on any atom is -0.546 e. The Labute approximate surface area is 91.3 Å². The lowest BCUT2D eigenvalue weighted by atomic mass is 10.2. The third-order valence-electron chi connectivity index (χ3n) is 1.88. The predicted octanol–water partition coefficient (Wildman–Crippen LogP) is -1.85. The van der Waals surface area contributed by atoms with Gasteiger partial charge in [0.15, 0.2) is 0 Å². The molecule has 1 aromatic rings. The summed E-state index contributed by atoms with van der Waals surface area (Å²) in [5.41, 5.74) is 5.48. The second-order valence-electron chi connectivity index (χ2n) is 3.12. The Morgan fingerprint density at radius 1 is 1.38 bits per heavy atom. The van der Waals surface area contributed by atoms with Crippen molar-refractivity contribution in [2.45, 2.75) is 13.0 Å². The van der Waals surface area contributed by atoms with Crippen LogP contribution in [-0.4, -0.2) is 18.0 Å². The molecule has 0 radical (unpaired) electrons. The number of nitrogens with two attached hydrogens (primary N) is 1. The molecule has 0 heterocycles. The summed E-state index contributed by atoms with van der Waals surface area (Å²) in [6.07, 6.45) is -1.22. The van der Waals surface area contributed by atoms with Crippen molar-refractivity contribution in [1.82, 2.24) is 0 Å². The van der Waals surface area contributed by atoms with E-state index in [-0.39, 0.29) is 17.0 Å². The van der Waals surface area contributed by atoms with Crippen molar-refractivity contribution in [1.29, 1.82) is 0 Å². The average molecular weight is 223 g/mol. The van der Waals surface area contributed by atoms with E-state index in [1.807, 2.05) is 0 Å². The van der Waals surface area contributed by atoms with Crippen molar-refractivity contribution in [3.05, 3.63) is 23.8 Å². The van der Waals surface area contributed by atoms with Gasteiger partial charge in [-0.2, -0.15) is 0 Å². The second kappa shape index (κ2) is 4.52. The molecule has 0 bridgehead atoms. The summed E-state index contributed by atoms with van der Waals surface area (Å²) >= 11 is 0. The Morgan fingerprint density at radius 2 is 2.00 bits per heavy atom. The molecular formula is C10H9NO5-2. The number of carboxylic acid groups (broad SMARTS) is 2. The third kappa shape index (κ3) is 2.63. The van der Waals surface area contributed by atoms with Crippen molar-refractivity contribution < 1.29 is 24.5 Å². The van der Waals surface area contributed by atoms with Gasteiger partial charge in [-0.3, -0.25) is 0 Å². The van der Waals surface area contributed by atoms with Gasteiger partial charge in [0.1, 0.15) is 11.9 Å². The van der Waals surface area contributed by atoms with Crippen molar-refractivity contribution in [3.63, 3.8) is 0 Å². The van der Waals surface area contributed by atoms with Gasteiger partial charge in [0.25, 0.3) is 0 Å². The van der Waals surface area contributed by atoms with Gasteiger partial charge in [-0.25, -0.2) is 0 Å². The zero-order valence-electron chi connectivity index (χ0n) is 8.43. The normalized spacial score (nSPS) is 11.8. The highest BCUT2D eigenvalue weighted by molar-refractivity contribution is 5.87. The fourth-order valence-corrected chi connectivity index (χ4v) is 1.00. The largest absolute Gasteiger partial charge is 0.546 e. The first kappa shape index (κ1) is 11.8. The Balaban J connectivity index is 2.98. The van der Waals surface area contributed by atoms with Crippen molar-refractivity contribution in [2.75, 3.05) is 5.73 Å². The van der Waals surface area contributed by atoms with Crippen LogP contribution in [0.2, 0.25) is 0 Å². The molecular weight excluding hydrogens is 214 g/mol. The SMILES string of the molecule is CC(Oc1cc(C(=O)[O-])ccc1N)C(=O)[O-]. The molecule has 0 aliphatic heterocycles. The highest BCUT2D eigenvalue weighted by Gasteiger charge is 2.08. The maximum Gasteiger partial charge on any atom is 0.143 e. The zero-order chi connectivity index (χ0) is 12.3. The van der Waals surface area contributed by atoms with Gasteiger partial charge < -0.3 is 30.3 Å². The van der Waals surface area contributed by atoms with Crippen LogP contribution in [0, 0.1) is 0 Å². The Bertz CT molecular complexity index is 429. The van der Waals surface area contributed by atoms with Crippen molar-refractivity contribution in [2.24, 2.45) is 0 Å². The lowest BCUT2D eigenvalue weighted by Crippen LogP contribution is -2.37. The quantitative estimate of drug-likeness (QED) is 0.599. The molecule has 0 spiro atoms. The van der Waals surface area contributed by atoms with Crippen LogP contribution in [0.4, 0.5) is 5.69 Å². The summed E-state index contributed by atoms with van der Waals surface area (Å²) in [5, 5.41) is 21.0. The van der Waals surface area contributed by atoms with E-state index < -0.39 is 18.0 Å². The highest BCUT2D eigenvalue weighted by Crippen LogP contribution is 2.23. The van der Waals surface area contributed by atoms with Crippen LogP contribution < -0.4 is 20.7 Å². The second-order valence-corrected chi connectivity index (χ2v) is 3.12. The molecule has 1 rings (SSSR count). The minimum atomic E-state index is -1.42. The molecule has 2 N–H and O–H groups in total. The topological polar surface area (TPSA) is 116 Å². The van der Waals surface area contributed by atoms with E-state index in [0.29, 0.717) is 0 Å². The molecule has 0 aliphatic carbocycles. The summed E-state index contributed by atoms with van der Waals surface area (Å²) in [6.45, 7) is 1.25. The lowest BCUT2D eigenvalue weighted by molar-refractivity contribution is -0.312. The van der Waals surface area contributed by atoms with Gasteiger partial charge in [-0.15, -0.1) is 0 Å². The van der Waals surface area contributed by atoms with Gasteiger partial charge >= 0.3 is 0 Å². The number of hydrogen-bond donors (Lipinski definition) is 1. The molecule has 0 aliphatic rings. The van der Waals surface area contributed by atoms with E-state index >= 15 is 0 Å². The van der Waals surface area contributed by atoms with E-state index in [1.54, 1.807) is 0 Å². The molecule has 0 amide bonds. The Hall–Kier alpha value is -2.24. The van der Waals surface area contributed by atoms with Crippen LogP contribution >= 0.6 is 0 Å². The van der Waals surface area contributed by atoms with Gasteiger partial charge in [0.05, 0.1) is 17.6 Å². The van der Waals surface area contributed by atoms with E-state index in [9.17, 15) is 19.8 Å². The van der Waals surface area contributed by atoms with Crippen molar-refractivity contribution in [3.8, 4) is 5.75 Å². The number of carbonyl (C=O) groups excluding carboxylic acids is 2. The number of ether oxygens (including phenoxy) is 1. The van der Waals surface area contributed by atoms with E-state index in [0.717, 1.165) is 6.07 Å². The molecule has 6 nitrogen and oxygen atoms in total. The number of hydrogen-bond acceptors (Lipinski definition) is 6. The number of benzene rings is 1. The average Bonchev–Trinajstić information content (AvgIpc) is 2.20. The lowest BCUT2D eigenvalue weighted by Gasteiger charge is -2.17. The summed E-state index contributed by atoms with van der Waals surface area (Å²) < 4.78 is 4.92. The number of rotatable bonds is 4. The molecule has 1 unspecified atom stereocenters. The smallest absolute Gasteiger partial charge is 0.143 e. The van der Waals surface area contributed by atoms with Gasteiger partial charge in [-0.1, -0.05) is 6.07 Å². The van der Waals surface area contributed by atoms with Crippen LogP contribution in [0.3, 0.4) is 0 Å². The van der Waals surface area contributed by atoms with E-state index in [1.165, 1.54) is 19.1 Å². The third-order valence-corrected chi connectivity index (χ3v) is 1.88. The Kier molecular flexibility index (Phi) is 3.34. The van der Waals surface area contributed by atoms with Crippen LogP contribution in [-0.2, 0) is 4.79 Å². The summed E-state index contributed by atoms with van der Waals surface area (Å²) in [5.74, 6) is -2.84. The monoisotopic (exact) mass is 223 g/mol. The Morgan fingerprint density at radius 3 is 2.50 bits per heavy atom. The van der Waals surface area contributed by atoms with Crippen molar-refractivity contribution >= 4 is 17.6 Å². The molecule has 0 saturated carbocycles. The van der Waals surface area contributed by atoms with E-state index in [2.05, 4.69) is 0 Å². The first-order valence-corrected chi connectivity index (χ1v) is 4.40. The molecule has 0 saturated heterocycles. The number of carbonyl (C=O) groups is 2. The highest BCUT2D eigenvalue weighted by atomic mass is 16.5. The molecule has 6 heteroatoms. The van der Waals surface area contributed by atoms with Gasteiger partial charge in [-0.05, 0) is 19.1 Å². The first-order valence-electron chi connectivity index (χ1n) is 4.40. The summed E-state index contributed by atoms with van der Waals surface area (Å²) in [6, 6.07) is 3.63. The number of nitrogen functional groups attached to an aromatic ring is 1. The number of aromatic carboxylic acids is 1. The molecule has 86 valence electrons. The first-order chi connectivity index (χ1) is 7.41. The van der Waals surface area contributed by atoms with Crippen LogP contribution in [0.1, 0.15) is 17.3 Å². The molecule has 1 atom stereocenters. The fourth-order valence-electron chi connectivity index (χ4n) is 1.00. The number of anilines is 1. The maximum atomic E-state index is 10.5. The maximum absolute atomic E-state index is 10.5. The molecule has 1 aromatic carbocycles. The summed E-state index contributed by atoms with van der Waals surface area (Å²) in [4.78, 5) is 21.0. The van der Waals surface area contributed by atoms with Crippen LogP contribution in [0.25, 0.3) is 0 Å². The standard InChI is InChI=1S/C10H11NO5/c1-5(9(12)13)16-8-4-6(10(14)15)2-3-7(8)11/h2-5H,11H2,1H3,(H,12,13)(H,14,15)/p-2. The molecule has 0 aromatic heterocycles. The van der Waals surface area contributed by atoms with Gasteiger partial charge in [0.2, 0.25) is 0 Å². The molecule has 0 fully saturated rings. The predicted molar refractivity (Wildman–Crippen MR) is 50.3 cm³/mol. The number of carboxylic acids is 2. The summed E-state index contributed by atoms with van der Waals surface area (Å²) in [7, 11) is 0. The van der Waals surface area contributed by atoms with Crippen LogP contribution in [0.15, 0.2) is 18.2 Å². The fraction of sp³-hybridized carbons (Fsp3) is 0.200. The van der Waals surface area contributed by atoms with Gasteiger partial charge in [0, 0.05) is 5.56 Å².